The Bertz CT molecular complexity index is 222. The molecule has 1 heterocycles. The molecule has 0 radical (unpaired) electrons. The smallest absolute Gasteiger partial charge is 0.0981 e. The van der Waals surface area contributed by atoms with Gasteiger partial charge in [-0.2, -0.15) is 0 Å². The summed E-state index contributed by atoms with van der Waals surface area (Å²) in [7, 11) is 0. The van der Waals surface area contributed by atoms with Gasteiger partial charge in [-0.1, -0.05) is 17.0 Å². The van der Waals surface area contributed by atoms with Crippen LogP contribution in [0.15, 0.2) is 11.0 Å². The molecular weight excluding hydrogens is 158 g/mol. The molecule has 0 saturated carbocycles. The molecule has 1 aromatic heterocycles. The summed E-state index contributed by atoms with van der Waals surface area (Å²) in [5, 5.41) is 5.80. The van der Waals surface area contributed by atoms with E-state index in [-0.39, 0.29) is 0 Å². The van der Waals surface area contributed by atoms with Crippen molar-refractivity contribution in [2.45, 2.75) is 13.3 Å². The van der Waals surface area contributed by atoms with E-state index in [0.29, 0.717) is 6.54 Å². The van der Waals surface area contributed by atoms with E-state index in [2.05, 4.69) is 16.5 Å². The molecular formula is C7H11N3S. The lowest BCUT2D eigenvalue weighted by Gasteiger charge is -1.95. The Morgan fingerprint density at radius 1 is 1.82 bits per heavy atom. The first-order chi connectivity index (χ1) is 5.36. The lowest BCUT2D eigenvalue weighted by Crippen LogP contribution is -2.01. The highest BCUT2D eigenvalue weighted by atomic mass is 32.1. The van der Waals surface area contributed by atoms with Crippen molar-refractivity contribution in [3.05, 3.63) is 16.6 Å². The first kappa shape index (κ1) is 8.36. The van der Waals surface area contributed by atoms with Gasteiger partial charge in [0.1, 0.15) is 0 Å². The fraction of sp³-hybridized carbons (Fsp3) is 0.429. The zero-order valence-corrected chi connectivity index (χ0v) is 7.27. The van der Waals surface area contributed by atoms with Crippen LogP contribution in [0.5, 0.6) is 0 Å². The molecule has 0 fully saturated rings. The lowest BCUT2D eigenvalue weighted by atomic mass is 10.2. The number of hydrogen-bond donors (Lipinski definition) is 1. The summed E-state index contributed by atoms with van der Waals surface area (Å²) in [5.74, 6) is 0. The minimum absolute atomic E-state index is 0.605. The second-order valence-corrected chi connectivity index (χ2v) is 2.80. The molecule has 60 valence electrons. The van der Waals surface area contributed by atoms with Crippen molar-refractivity contribution in [1.29, 1.82) is 0 Å². The van der Waals surface area contributed by atoms with E-state index < -0.39 is 0 Å². The molecule has 4 heteroatoms. The lowest BCUT2D eigenvalue weighted by molar-refractivity contribution is 1.01. The van der Waals surface area contributed by atoms with Gasteiger partial charge in [-0.15, -0.1) is 5.10 Å². The SMILES string of the molecule is CC/C(=C\c1csnn1)CN. The fourth-order valence-corrected chi connectivity index (χ4v) is 1.16. The Labute approximate surface area is 70.1 Å². The summed E-state index contributed by atoms with van der Waals surface area (Å²) in [6.45, 7) is 2.69. The molecule has 0 amide bonds. The average molecular weight is 169 g/mol. The van der Waals surface area contributed by atoms with Gasteiger partial charge in [-0.25, -0.2) is 0 Å². The molecule has 0 aliphatic rings. The summed E-state index contributed by atoms with van der Waals surface area (Å²) in [5.41, 5.74) is 7.61. The van der Waals surface area contributed by atoms with Crippen LogP contribution >= 0.6 is 11.5 Å². The maximum atomic E-state index is 5.49. The van der Waals surface area contributed by atoms with E-state index in [1.54, 1.807) is 0 Å². The van der Waals surface area contributed by atoms with Gasteiger partial charge < -0.3 is 5.73 Å². The molecule has 11 heavy (non-hydrogen) atoms. The third kappa shape index (κ3) is 2.40. The minimum atomic E-state index is 0.605. The summed E-state index contributed by atoms with van der Waals surface area (Å²) in [4.78, 5) is 0. The second-order valence-electron chi connectivity index (χ2n) is 2.19. The Kier molecular flexibility index (Phi) is 3.19. The molecule has 0 aliphatic heterocycles. The summed E-state index contributed by atoms with van der Waals surface area (Å²) in [6, 6.07) is 0. The summed E-state index contributed by atoms with van der Waals surface area (Å²) >= 11 is 1.36. The van der Waals surface area contributed by atoms with E-state index >= 15 is 0 Å². The quantitative estimate of drug-likeness (QED) is 0.741. The summed E-state index contributed by atoms with van der Waals surface area (Å²) in [6.07, 6.45) is 2.97. The molecule has 0 spiro atoms. The van der Waals surface area contributed by atoms with Crippen LogP contribution < -0.4 is 5.73 Å². The van der Waals surface area contributed by atoms with Gasteiger partial charge in [0.15, 0.2) is 0 Å². The van der Waals surface area contributed by atoms with Crippen LogP contribution in [0.25, 0.3) is 6.08 Å². The standard InChI is InChI=1S/C7H11N3S/c1-2-6(4-8)3-7-5-11-10-9-7/h3,5H,2,4,8H2,1H3/b6-3+. The number of rotatable bonds is 3. The Morgan fingerprint density at radius 3 is 3.09 bits per heavy atom. The highest BCUT2D eigenvalue weighted by Crippen LogP contribution is 2.06. The Balaban J connectivity index is 2.71. The average Bonchev–Trinajstić information content (AvgIpc) is 2.52. The molecule has 0 aromatic carbocycles. The van der Waals surface area contributed by atoms with Crippen LogP contribution in [-0.2, 0) is 0 Å². The van der Waals surface area contributed by atoms with Gasteiger partial charge >= 0.3 is 0 Å². The van der Waals surface area contributed by atoms with E-state index in [1.165, 1.54) is 17.1 Å². The third-order valence-corrected chi connectivity index (χ3v) is 1.97. The van der Waals surface area contributed by atoms with Gasteiger partial charge in [0.2, 0.25) is 0 Å². The fourth-order valence-electron chi connectivity index (χ4n) is 0.749. The van der Waals surface area contributed by atoms with Crippen molar-refractivity contribution in [2.75, 3.05) is 6.54 Å². The molecule has 0 aliphatic carbocycles. The maximum absolute atomic E-state index is 5.49. The van der Waals surface area contributed by atoms with Crippen molar-refractivity contribution >= 4 is 17.6 Å². The van der Waals surface area contributed by atoms with Crippen LogP contribution in [0.1, 0.15) is 19.0 Å². The van der Waals surface area contributed by atoms with Crippen molar-refractivity contribution in [1.82, 2.24) is 9.59 Å². The van der Waals surface area contributed by atoms with Crippen LogP contribution in [0.2, 0.25) is 0 Å². The van der Waals surface area contributed by atoms with Crippen LogP contribution in [0, 0.1) is 0 Å². The molecule has 0 bridgehead atoms. The topological polar surface area (TPSA) is 51.8 Å². The maximum Gasteiger partial charge on any atom is 0.0981 e. The van der Waals surface area contributed by atoms with E-state index in [9.17, 15) is 0 Å². The first-order valence-electron chi connectivity index (χ1n) is 3.53. The molecule has 2 N–H and O–H groups in total. The van der Waals surface area contributed by atoms with Crippen LogP contribution in [0.4, 0.5) is 0 Å². The van der Waals surface area contributed by atoms with Crippen molar-refractivity contribution in [2.24, 2.45) is 5.73 Å². The second kappa shape index (κ2) is 4.20. The normalized spacial score (nSPS) is 12.0. The predicted molar refractivity (Wildman–Crippen MR) is 47.2 cm³/mol. The predicted octanol–water partition coefficient (Wildman–Crippen LogP) is 1.29. The van der Waals surface area contributed by atoms with Gasteiger partial charge in [0.25, 0.3) is 0 Å². The van der Waals surface area contributed by atoms with Crippen molar-refractivity contribution < 1.29 is 0 Å². The zero-order valence-electron chi connectivity index (χ0n) is 6.45. The van der Waals surface area contributed by atoms with Crippen LogP contribution in [0.3, 0.4) is 0 Å². The highest BCUT2D eigenvalue weighted by molar-refractivity contribution is 7.03. The number of hydrogen-bond acceptors (Lipinski definition) is 4. The molecule has 0 atom stereocenters. The first-order valence-corrected chi connectivity index (χ1v) is 4.37. The van der Waals surface area contributed by atoms with E-state index in [0.717, 1.165) is 12.1 Å². The molecule has 1 aromatic rings. The van der Waals surface area contributed by atoms with Crippen LogP contribution in [-0.4, -0.2) is 16.1 Å². The van der Waals surface area contributed by atoms with E-state index in [4.69, 9.17) is 5.73 Å². The third-order valence-electron chi connectivity index (χ3n) is 1.45. The van der Waals surface area contributed by atoms with Gasteiger partial charge in [0.05, 0.1) is 5.69 Å². The van der Waals surface area contributed by atoms with Gasteiger partial charge in [0, 0.05) is 11.9 Å². The molecule has 3 nitrogen and oxygen atoms in total. The Hall–Kier alpha value is -0.740. The largest absolute Gasteiger partial charge is 0.327 e. The van der Waals surface area contributed by atoms with Gasteiger partial charge in [-0.3, -0.25) is 0 Å². The highest BCUT2D eigenvalue weighted by Gasteiger charge is 1.93. The Morgan fingerprint density at radius 2 is 2.64 bits per heavy atom. The number of aromatic nitrogens is 2. The number of nitrogens with two attached hydrogens (primary N) is 1. The number of nitrogens with zero attached hydrogens (tertiary/aromatic N) is 2. The van der Waals surface area contributed by atoms with E-state index in [1.807, 2.05) is 11.5 Å². The summed E-state index contributed by atoms with van der Waals surface area (Å²) < 4.78 is 3.75. The molecule has 0 saturated heterocycles. The molecule has 1 rings (SSSR count). The minimum Gasteiger partial charge on any atom is -0.327 e. The van der Waals surface area contributed by atoms with Crippen molar-refractivity contribution in [3.63, 3.8) is 0 Å². The zero-order chi connectivity index (χ0) is 8.10. The molecule has 0 unspecified atom stereocenters. The monoisotopic (exact) mass is 169 g/mol. The van der Waals surface area contributed by atoms with Crippen molar-refractivity contribution in [3.8, 4) is 0 Å². The van der Waals surface area contributed by atoms with Gasteiger partial charge in [-0.05, 0) is 24.0 Å².